The monoisotopic (exact) mass is 269 g/mol. The highest BCUT2D eigenvalue weighted by molar-refractivity contribution is 5.82. The lowest BCUT2D eigenvalue weighted by Crippen LogP contribution is -2.54. The average molecular weight is 269 g/mol. The molecule has 2 fully saturated rings. The van der Waals surface area contributed by atoms with Crippen LogP contribution in [0.3, 0.4) is 0 Å². The Morgan fingerprint density at radius 1 is 1.26 bits per heavy atom. The molecule has 1 amide bonds. The number of ether oxygens (including phenoxy) is 1. The van der Waals surface area contributed by atoms with Gasteiger partial charge >= 0.3 is 5.97 Å². The van der Waals surface area contributed by atoms with Crippen LogP contribution in [-0.4, -0.2) is 47.2 Å². The van der Waals surface area contributed by atoms with Crippen LogP contribution in [0.5, 0.6) is 0 Å². The summed E-state index contributed by atoms with van der Waals surface area (Å²) in [6, 6.07) is 0. The van der Waals surface area contributed by atoms with E-state index in [4.69, 9.17) is 9.84 Å². The minimum atomic E-state index is -0.825. The first-order valence-corrected chi connectivity index (χ1v) is 7.16. The zero-order chi connectivity index (χ0) is 13.9. The fourth-order valence-corrected chi connectivity index (χ4v) is 3.34. The number of hydrogen-bond donors (Lipinski definition) is 1. The van der Waals surface area contributed by atoms with E-state index in [9.17, 15) is 9.59 Å². The summed E-state index contributed by atoms with van der Waals surface area (Å²) in [5, 5.41) is 9.16. The Kier molecular flexibility index (Phi) is 4.45. The number of carboxylic acids is 1. The minimum Gasteiger partial charge on any atom is -0.481 e. The highest BCUT2D eigenvalue weighted by atomic mass is 16.5. The second kappa shape index (κ2) is 5.90. The Balaban J connectivity index is 2.11. The summed E-state index contributed by atoms with van der Waals surface area (Å²) in [4.78, 5) is 25.3. The maximum absolute atomic E-state index is 12.4. The molecule has 0 radical (unpaired) electrons. The molecule has 1 saturated heterocycles. The van der Waals surface area contributed by atoms with Crippen molar-refractivity contribution < 1.29 is 19.4 Å². The SMILES string of the molecule is CN(C(=O)C1CCCO1)C1(CC(=O)O)CCCCC1. The van der Waals surface area contributed by atoms with Crippen molar-refractivity contribution in [3.63, 3.8) is 0 Å². The number of carboxylic acid groups (broad SMARTS) is 1. The Bertz CT molecular complexity index is 343. The van der Waals surface area contributed by atoms with Gasteiger partial charge < -0.3 is 14.7 Å². The molecule has 1 heterocycles. The zero-order valence-electron chi connectivity index (χ0n) is 11.6. The van der Waals surface area contributed by atoms with Gasteiger partial charge in [0.1, 0.15) is 6.10 Å². The van der Waals surface area contributed by atoms with E-state index in [0.717, 1.165) is 44.9 Å². The lowest BCUT2D eigenvalue weighted by molar-refractivity contribution is -0.151. The summed E-state index contributed by atoms with van der Waals surface area (Å²) in [5.74, 6) is -0.866. The fourth-order valence-electron chi connectivity index (χ4n) is 3.34. The fraction of sp³-hybridized carbons (Fsp3) is 0.857. The van der Waals surface area contributed by atoms with Crippen LogP contribution in [0.4, 0.5) is 0 Å². The molecule has 19 heavy (non-hydrogen) atoms. The lowest BCUT2D eigenvalue weighted by atomic mass is 9.78. The molecular formula is C14H23NO4. The second-order valence-electron chi connectivity index (χ2n) is 5.75. The van der Waals surface area contributed by atoms with E-state index in [2.05, 4.69) is 0 Å². The molecule has 0 aromatic rings. The first kappa shape index (κ1) is 14.3. The van der Waals surface area contributed by atoms with E-state index in [1.165, 1.54) is 0 Å². The van der Waals surface area contributed by atoms with E-state index < -0.39 is 11.5 Å². The second-order valence-corrected chi connectivity index (χ2v) is 5.75. The molecule has 1 N–H and O–H groups in total. The molecular weight excluding hydrogens is 246 g/mol. The van der Waals surface area contributed by atoms with Gasteiger partial charge in [-0.3, -0.25) is 9.59 Å². The quantitative estimate of drug-likeness (QED) is 0.845. The Hall–Kier alpha value is -1.10. The Labute approximate surface area is 113 Å². The predicted molar refractivity (Wildman–Crippen MR) is 69.8 cm³/mol. The van der Waals surface area contributed by atoms with Crippen LogP contribution in [0, 0.1) is 0 Å². The molecule has 108 valence electrons. The smallest absolute Gasteiger partial charge is 0.305 e. The third-order valence-corrected chi connectivity index (χ3v) is 4.51. The molecule has 0 aromatic heterocycles. The van der Waals surface area contributed by atoms with Crippen molar-refractivity contribution in [3.05, 3.63) is 0 Å². The number of amides is 1. The number of rotatable bonds is 4. The van der Waals surface area contributed by atoms with Crippen LogP contribution in [0.1, 0.15) is 51.4 Å². The summed E-state index contributed by atoms with van der Waals surface area (Å²) in [6.45, 7) is 0.635. The number of nitrogens with zero attached hydrogens (tertiary/aromatic N) is 1. The van der Waals surface area contributed by atoms with Crippen molar-refractivity contribution in [1.29, 1.82) is 0 Å². The van der Waals surface area contributed by atoms with Crippen molar-refractivity contribution in [2.75, 3.05) is 13.7 Å². The van der Waals surface area contributed by atoms with Gasteiger partial charge in [0.15, 0.2) is 0 Å². The molecule has 0 bridgehead atoms. The molecule has 1 unspecified atom stereocenters. The molecule has 2 aliphatic rings. The van der Waals surface area contributed by atoms with E-state index in [-0.39, 0.29) is 18.4 Å². The molecule has 0 spiro atoms. The standard InChI is InChI=1S/C14H23NO4/c1-15(13(18)11-6-5-9-19-11)14(10-12(16)17)7-3-2-4-8-14/h11H,2-10H2,1H3,(H,16,17). The Morgan fingerprint density at radius 3 is 2.47 bits per heavy atom. The molecule has 1 saturated carbocycles. The largest absolute Gasteiger partial charge is 0.481 e. The van der Waals surface area contributed by atoms with Crippen LogP contribution in [0.25, 0.3) is 0 Å². The average Bonchev–Trinajstić information content (AvgIpc) is 2.91. The number of aliphatic carboxylic acids is 1. The van der Waals surface area contributed by atoms with E-state index in [1.807, 2.05) is 0 Å². The molecule has 5 heteroatoms. The first-order chi connectivity index (χ1) is 9.05. The number of carbonyl (C=O) groups excluding carboxylic acids is 1. The molecule has 2 rings (SSSR count). The summed E-state index contributed by atoms with van der Waals surface area (Å²) in [5.41, 5.74) is -0.507. The molecule has 1 aliphatic heterocycles. The summed E-state index contributed by atoms with van der Waals surface area (Å²) >= 11 is 0. The predicted octanol–water partition coefficient (Wildman–Crippen LogP) is 1.80. The third kappa shape index (κ3) is 3.08. The van der Waals surface area contributed by atoms with Gasteiger partial charge in [0.25, 0.3) is 5.91 Å². The zero-order valence-corrected chi connectivity index (χ0v) is 11.6. The number of carbonyl (C=O) groups is 2. The van der Waals surface area contributed by atoms with Crippen molar-refractivity contribution in [2.24, 2.45) is 0 Å². The van der Waals surface area contributed by atoms with Gasteiger partial charge in [-0.05, 0) is 25.7 Å². The van der Waals surface area contributed by atoms with E-state index in [0.29, 0.717) is 6.61 Å². The third-order valence-electron chi connectivity index (χ3n) is 4.51. The maximum atomic E-state index is 12.4. The van der Waals surface area contributed by atoms with Gasteiger partial charge in [-0.15, -0.1) is 0 Å². The van der Waals surface area contributed by atoms with Gasteiger partial charge in [0.05, 0.1) is 12.0 Å². The molecule has 1 atom stereocenters. The number of likely N-dealkylation sites (N-methyl/N-ethyl adjacent to an activating group) is 1. The summed E-state index contributed by atoms with van der Waals surface area (Å²) < 4.78 is 5.44. The van der Waals surface area contributed by atoms with Crippen LogP contribution >= 0.6 is 0 Å². The lowest BCUT2D eigenvalue weighted by Gasteiger charge is -2.44. The Morgan fingerprint density at radius 2 is 1.95 bits per heavy atom. The van der Waals surface area contributed by atoms with Gasteiger partial charge in [-0.1, -0.05) is 19.3 Å². The van der Waals surface area contributed by atoms with Gasteiger partial charge in [0, 0.05) is 13.7 Å². The summed E-state index contributed by atoms with van der Waals surface area (Å²) in [7, 11) is 1.75. The molecule has 0 aromatic carbocycles. The van der Waals surface area contributed by atoms with Gasteiger partial charge in [-0.25, -0.2) is 0 Å². The highest BCUT2D eigenvalue weighted by Gasteiger charge is 2.42. The van der Waals surface area contributed by atoms with Crippen LogP contribution in [0.15, 0.2) is 0 Å². The minimum absolute atomic E-state index is 0.0411. The van der Waals surface area contributed by atoms with Gasteiger partial charge in [0.2, 0.25) is 0 Å². The molecule has 5 nitrogen and oxygen atoms in total. The van der Waals surface area contributed by atoms with Crippen LogP contribution in [0.2, 0.25) is 0 Å². The number of hydrogen-bond acceptors (Lipinski definition) is 3. The van der Waals surface area contributed by atoms with Crippen molar-refractivity contribution in [1.82, 2.24) is 4.90 Å². The van der Waals surface area contributed by atoms with Crippen LogP contribution < -0.4 is 0 Å². The molecule has 1 aliphatic carbocycles. The maximum Gasteiger partial charge on any atom is 0.305 e. The van der Waals surface area contributed by atoms with Crippen LogP contribution in [-0.2, 0) is 14.3 Å². The van der Waals surface area contributed by atoms with Gasteiger partial charge in [-0.2, -0.15) is 0 Å². The highest BCUT2D eigenvalue weighted by Crippen LogP contribution is 2.36. The van der Waals surface area contributed by atoms with Crippen molar-refractivity contribution in [3.8, 4) is 0 Å². The first-order valence-electron chi connectivity index (χ1n) is 7.16. The van der Waals surface area contributed by atoms with Crippen molar-refractivity contribution in [2.45, 2.75) is 63.0 Å². The summed E-state index contributed by atoms with van der Waals surface area (Å²) in [6.07, 6.45) is 6.04. The normalized spacial score (nSPS) is 26.1. The van der Waals surface area contributed by atoms with E-state index in [1.54, 1.807) is 11.9 Å². The van der Waals surface area contributed by atoms with Crippen molar-refractivity contribution >= 4 is 11.9 Å². The van der Waals surface area contributed by atoms with E-state index >= 15 is 0 Å². The topological polar surface area (TPSA) is 66.8 Å².